The van der Waals surface area contributed by atoms with Crippen molar-refractivity contribution in [2.45, 2.75) is 32.6 Å². The lowest BCUT2D eigenvalue weighted by atomic mass is 9.87. The van der Waals surface area contributed by atoms with Gasteiger partial charge in [0.2, 0.25) is 0 Å². The SMILES string of the molecule is CCCCNC(=O)c1cc(-c2cccc(Cl)c2Cl)c2c(c1N1CCNCC1)C(C)c1ccccc1-2. The van der Waals surface area contributed by atoms with Gasteiger partial charge in [0.05, 0.1) is 21.3 Å². The van der Waals surface area contributed by atoms with Crippen LogP contribution in [0.4, 0.5) is 5.69 Å². The minimum Gasteiger partial charge on any atom is -0.368 e. The Morgan fingerprint density at radius 3 is 2.57 bits per heavy atom. The standard InChI is InChI=1S/C29H31Cl2N3O/c1-3-4-12-33-29(35)23-17-22(21-10-7-11-24(30)27(21)31)26-20-9-6-5-8-19(20)18(2)25(26)28(23)34-15-13-32-14-16-34/h5-11,17-18,32H,3-4,12-16H2,1-2H3,(H,33,35). The molecule has 1 unspecified atom stereocenters. The van der Waals surface area contributed by atoms with Gasteiger partial charge in [-0.2, -0.15) is 0 Å². The summed E-state index contributed by atoms with van der Waals surface area (Å²) < 4.78 is 0. The molecule has 5 rings (SSSR count). The third kappa shape index (κ3) is 4.33. The van der Waals surface area contributed by atoms with Gasteiger partial charge in [-0.3, -0.25) is 4.79 Å². The van der Waals surface area contributed by atoms with E-state index in [1.807, 2.05) is 18.2 Å². The molecule has 1 atom stereocenters. The molecule has 1 saturated heterocycles. The molecule has 3 aromatic rings. The van der Waals surface area contributed by atoms with E-state index in [2.05, 4.69) is 53.6 Å². The summed E-state index contributed by atoms with van der Waals surface area (Å²) in [6, 6.07) is 16.3. The van der Waals surface area contributed by atoms with Crippen LogP contribution in [0.25, 0.3) is 22.3 Å². The molecule has 1 fully saturated rings. The predicted octanol–water partition coefficient (Wildman–Crippen LogP) is 6.73. The molecule has 0 spiro atoms. The highest BCUT2D eigenvalue weighted by Gasteiger charge is 2.36. The summed E-state index contributed by atoms with van der Waals surface area (Å²) in [5.41, 5.74) is 8.45. The number of hydrogen-bond donors (Lipinski definition) is 2. The van der Waals surface area contributed by atoms with E-state index in [-0.39, 0.29) is 11.8 Å². The third-order valence-electron chi connectivity index (χ3n) is 7.20. The maximum Gasteiger partial charge on any atom is 0.253 e. The maximum atomic E-state index is 13.7. The first kappa shape index (κ1) is 24.2. The van der Waals surface area contributed by atoms with Gasteiger partial charge in [-0.25, -0.2) is 0 Å². The average Bonchev–Trinajstić information content (AvgIpc) is 3.18. The maximum absolute atomic E-state index is 13.7. The molecule has 0 radical (unpaired) electrons. The van der Waals surface area contributed by atoms with E-state index in [4.69, 9.17) is 23.2 Å². The molecule has 3 aromatic carbocycles. The molecule has 6 heteroatoms. The van der Waals surface area contributed by atoms with Crippen LogP contribution >= 0.6 is 23.2 Å². The van der Waals surface area contributed by atoms with E-state index in [0.29, 0.717) is 22.2 Å². The lowest BCUT2D eigenvalue weighted by Gasteiger charge is -2.34. The van der Waals surface area contributed by atoms with Crippen LogP contribution in [-0.4, -0.2) is 38.6 Å². The van der Waals surface area contributed by atoms with Crippen LogP contribution in [-0.2, 0) is 0 Å². The second kappa shape index (κ2) is 10.2. The van der Waals surface area contributed by atoms with Crippen LogP contribution in [0, 0.1) is 0 Å². The minimum absolute atomic E-state index is 0.0302. The van der Waals surface area contributed by atoms with Crippen molar-refractivity contribution in [3.05, 3.63) is 75.3 Å². The summed E-state index contributed by atoms with van der Waals surface area (Å²) >= 11 is 13.2. The van der Waals surface area contributed by atoms with E-state index in [1.54, 1.807) is 6.07 Å². The van der Waals surface area contributed by atoms with Crippen molar-refractivity contribution in [1.29, 1.82) is 0 Å². The number of benzene rings is 3. The first-order valence-electron chi connectivity index (χ1n) is 12.5. The Hall–Kier alpha value is -2.53. The predicted molar refractivity (Wildman–Crippen MR) is 147 cm³/mol. The summed E-state index contributed by atoms with van der Waals surface area (Å²) in [6.45, 7) is 8.56. The Morgan fingerprint density at radius 1 is 1.06 bits per heavy atom. The lowest BCUT2D eigenvalue weighted by molar-refractivity contribution is 0.0953. The summed E-state index contributed by atoms with van der Waals surface area (Å²) in [5, 5.41) is 7.64. The second-order valence-corrected chi connectivity index (χ2v) is 10.2. The Kier molecular flexibility index (Phi) is 7.06. The topological polar surface area (TPSA) is 44.4 Å². The van der Waals surface area contributed by atoms with Gasteiger partial charge in [0.25, 0.3) is 5.91 Å². The van der Waals surface area contributed by atoms with Gasteiger partial charge < -0.3 is 15.5 Å². The summed E-state index contributed by atoms with van der Waals surface area (Å²) in [5.74, 6) is 0.128. The Bertz CT molecular complexity index is 1270. The van der Waals surface area contributed by atoms with Crippen molar-refractivity contribution in [2.24, 2.45) is 0 Å². The number of halogens is 2. The molecule has 35 heavy (non-hydrogen) atoms. The number of nitrogens with one attached hydrogen (secondary N) is 2. The molecule has 0 saturated carbocycles. The molecular weight excluding hydrogens is 477 g/mol. The molecule has 1 aliphatic carbocycles. The highest BCUT2D eigenvalue weighted by molar-refractivity contribution is 6.43. The van der Waals surface area contributed by atoms with Crippen LogP contribution < -0.4 is 15.5 Å². The summed E-state index contributed by atoms with van der Waals surface area (Å²) in [4.78, 5) is 16.1. The molecule has 182 valence electrons. The highest BCUT2D eigenvalue weighted by Crippen LogP contribution is 2.54. The zero-order chi connectivity index (χ0) is 24.5. The van der Waals surface area contributed by atoms with E-state index in [0.717, 1.165) is 61.4 Å². The van der Waals surface area contributed by atoms with Crippen molar-refractivity contribution >= 4 is 34.8 Å². The number of anilines is 1. The fourth-order valence-electron chi connectivity index (χ4n) is 5.46. The number of hydrogen-bond acceptors (Lipinski definition) is 3. The van der Waals surface area contributed by atoms with Crippen LogP contribution in [0.15, 0.2) is 48.5 Å². The van der Waals surface area contributed by atoms with Gasteiger partial charge >= 0.3 is 0 Å². The number of carbonyl (C=O) groups is 1. The number of fused-ring (bicyclic) bond motifs is 3. The van der Waals surface area contributed by atoms with Crippen molar-refractivity contribution in [3.8, 4) is 22.3 Å². The van der Waals surface area contributed by atoms with Gasteiger partial charge in [0.1, 0.15) is 0 Å². The number of nitrogens with zero attached hydrogens (tertiary/aromatic N) is 1. The fraction of sp³-hybridized carbons (Fsp3) is 0.345. The highest BCUT2D eigenvalue weighted by atomic mass is 35.5. The Balaban J connectivity index is 1.81. The van der Waals surface area contributed by atoms with Crippen LogP contribution in [0.2, 0.25) is 10.0 Å². The number of carbonyl (C=O) groups excluding carboxylic acids is 1. The second-order valence-electron chi connectivity index (χ2n) is 9.37. The minimum atomic E-state index is -0.0302. The van der Waals surface area contributed by atoms with Crippen LogP contribution in [0.3, 0.4) is 0 Å². The third-order valence-corrected chi connectivity index (χ3v) is 8.02. The quantitative estimate of drug-likeness (QED) is 0.363. The number of piperazine rings is 1. The first-order valence-corrected chi connectivity index (χ1v) is 13.3. The number of amides is 1. The van der Waals surface area contributed by atoms with Crippen molar-refractivity contribution < 1.29 is 4.79 Å². The Morgan fingerprint density at radius 2 is 1.80 bits per heavy atom. The van der Waals surface area contributed by atoms with Gasteiger partial charge in [-0.15, -0.1) is 0 Å². The van der Waals surface area contributed by atoms with Gasteiger partial charge in [0, 0.05) is 44.2 Å². The van der Waals surface area contributed by atoms with Crippen molar-refractivity contribution in [2.75, 3.05) is 37.6 Å². The van der Waals surface area contributed by atoms with Gasteiger partial charge in [-0.05, 0) is 46.4 Å². The van der Waals surface area contributed by atoms with Crippen LogP contribution in [0.1, 0.15) is 54.1 Å². The first-order chi connectivity index (χ1) is 17.0. The largest absolute Gasteiger partial charge is 0.368 e. The molecule has 0 bridgehead atoms. The van der Waals surface area contributed by atoms with Crippen molar-refractivity contribution in [3.63, 3.8) is 0 Å². The molecule has 2 N–H and O–H groups in total. The molecule has 1 aliphatic heterocycles. The molecule has 1 heterocycles. The van der Waals surface area contributed by atoms with Crippen molar-refractivity contribution in [1.82, 2.24) is 10.6 Å². The molecule has 1 amide bonds. The zero-order valence-corrected chi connectivity index (χ0v) is 21.8. The fourth-order valence-corrected chi connectivity index (χ4v) is 5.87. The molecule has 4 nitrogen and oxygen atoms in total. The normalized spacial score (nSPS) is 16.7. The average molecular weight is 508 g/mol. The van der Waals surface area contributed by atoms with Gasteiger partial charge in [0.15, 0.2) is 0 Å². The smallest absolute Gasteiger partial charge is 0.253 e. The monoisotopic (exact) mass is 507 g/mol. The Labute approximate surface area is 217 Å². The van der Waals surface area contributed by atoms with E-state index < -0.39 is 0 Å². The molecule has 2 aliphatic rings. The lowest BCUT2D eigenvalue weighted by Crippen LogP contribution is -2.45. The number of unbranched alkanes of at least 4 members (excludes halogenated alkanes) is 1. The molecule has 0 aromatic heterocycles. The van der Waals surface area contributed by atoms with E-state index in [1.165, 1.54) is 16.7 Å². The summed E-state index contributed by atoms with van der Waals surface area (Å²) in [6.07, 6.45) is 1.99. The van der Waals surface area contributed by atoms with Crippen LogP contribution in [0.5, 0.6) is 0 Å². The molecular formula is C29H31Cl2N3O. The summed E-state index contributed by atoms with van der Waals surface area (Å²) in [7, 11) is 0. The van der Waals surface area contributed by atoms with Gasteiger partial charge in [-0.1, -0.05) is 79.9 Å². The zero-order valence-electron chi connectivity index (χ0n) is 20.3. The van der Waals surface area contributed by atoms with E-state index >= 15 is 0 Å². The van der Waals surface area contributed by atoms with E-state index in [9.17, 15) is 4.79 Å². The number of rotatable bonds is 6.